The van der Waals surface area contributed by atoms with Crippen molar-refractivity contribution in [2.24, 2.45) is 5.73 Å². The second kappa shape index (κ2) is 8.37. The molecule has 0 fully saturated rings. The predicted molar refractivity (Wildman–Crippen MR) is 109 cm³/mol. The van der Waals surface area contributed by atoms with Crippen molar-refractivity contribution in [1.82, 2.24) is 0 Å². The molecule has 0 radical (unpaired) electrons. The van der Waals surface area contributed by atoms with Gasteiger partial charge in [0.2, 0.25) is 0 Å². The lowest BCUT2D eigenvalue weighted by atomic mass is 9.92. The van der Waals surface area contributed by atoms with Crippen LogP contribution in [-0.2, 0) is 22.4 Å². The van der Waals surface area contributed by atoms with Gasteiger partial charge in [-0.25, -0.2) is 12.8 Å². The Morgan fingerprint density at radius 1 is 1.10 bits per heavy atom. The monoisotopic (exact) mass is 444 g/mol. The van der Waals surface area contributed by atoms with E-state index in [4.69, 9.17) is 11.1 Å². The van der Waals surface area contributed by atoms with Crippen molar-refractivity contribution in [2.45, 2.75) is 49.3 Å². The van der Waals surface area contributed by atoms with Gasteiger partial charge >= 0.3 is 6.18 Å². The molecule has 0 spiro atoms. The van der Waals surface area contributed by atoms with Gasteiger partial charge in [0.05, 0.1) is 10.8 Å². The first-order valence-corrected chi connectivity index (χ1v) is 10.7. The summed E-state index contributed by atoms with van der Waals surface area (Å²) in [6, 6.07) is 10.0. The van der Waals surface area contributed by atoms with Gasteiger partial charge in [0.15, 0.2) is 9.84 Å². The standard InChI is InChI=1S/C21H24F4N2O2S/c1-13(16-9-4-5-10-17(16)22)18(30(28,29)20(2,3)19(26)27)12-14-7-6-8-15(11-14)21(23,24)25/h4-11,13,18H,12H2,1-3H3,(H3,26,27)/t13-,18-/m1/s1. The minimum absolute atomic E-state index is 0.123. The number of nitrogens with two attached hydrogens (primary N) is 1. The summed E-state index contributed by atoms with van der Waals surface area (Å²) in [6.45, 7) is 4.03. The fourth-order valence-corrected chi connectivity index (χ4v) is 5.40. The van der Waals surface area contributed by atoms with Crippen molar-refractivity contribution < 1.29 is 26.0 Å². The molecule has 0 bridgehead atoms. The number of amidine groups is 1. The summed E-state index contributed by atoms with van der Waals surface area (Å²) < 4.78 is 78.8. The molecule has 0 aliphatic rings. The van der Waals surface area contributed by atoms with Crippen LogP contribution in [0.15, 0.2) is 48.5 Å². The molecule has 0 saturated heterocycles. The summed E-state index contributed by atoms with van der Waals surface area (Å²) in [6.07, 6.45) is -4.88. The van der Waals surface area contributed by atoms with E-state index in [0.717, 1.165) is 12.1 Å². The highest BCUT2D eigenvalue weighted by Crippen LogP contribution is 2.36. The Bertz CT molecular complexity index is 1030. The number of nitrogens with one attached hydrogen (secondary N) is 1. The van der Waals surface area contributed by atoms with Gasteiger partial charge in [-0.1, -0.05) is 43.3 Å². The van der Waals surface area contributed by atoms with Crippen molar-refractivity contribution in [1.29, 1.82) is 5.41 Å². The third-order valence-corrected chi connectivity index (χ3v) is 8.42. The lowest BCUT2D eigenvalue weighted by Crippen LogP contribution is -2.51. The Kier molecular flexibility index (Phi) is 6.66. The molecule has 0 heterocycles. The largest absolute Gasteiger partial charge is 0.416 e. The Hall–Kier alpha value is -2.42. The molecule has 0 unspecified atom stereocenters. The van der Waals surface area contributed by atoms with Gasteiger partial charge in [-0.05, 0) is 43.5 Å². The summed E-state index contributed by atoms with van der Waals surface area (Å²) in [5.41, 5.74) is 4.88. The number of hydrogen-bond donors (Lipinski definition) is 2. The predicted octanol–water partition coefficient (Wildman–Crippen LogP) is 4.69. The lowest BCUT2D eigenvalue weighted by molar-refractivity contribution is -0.137. The zero-order chi connectivity index (χ0) is 22.9. The van der Waals surface area contributed by atoms with Crippen LogP contribution >= 0.6 is 0 Å². The molecule has 4 nitrogen and oxygen atoms in total. The van der Waals surface area contributed by atoms with Crippen molar-refractivity contribution in [3.05, 3.63) is 71.0 Å². The number of hydrogen-bond acceptors (Lipinski definition) is 3. The summed E-state index contributed by atoms with van der Waals surface area (Å²) in [5, 5.41) is 6.40. The van der Waals surface area contributed by atoms with Crippen molar-refractivity contribution >= 4 is 15.7 Å². The molecule has 30 heavy (non-hydrogen) atoms. The summed E-state index contributed by atoms with van der Waals surface area (Å²) in [5.74, 6) is -2.11. The van der Waals surface area contributed by atoms with Crippen molar-refractivity contribution in [3.8, 4) is 0 Å². The Morgan fingerprint density at radius 3 is 2.23 bits per heavy atom. The highest BCUT2D eigenvalue weighted by Gasteiger charge is 2.46. The number of sulfone groups is 1. The first kappa shape index (κ1) is 23.9. The van der Waals surface area contributed by atoms with Gasteiger partial charge in [-0.2, -0.15) is 13.2 Å². The molecule has 0 saturated carbocycles. The third-order valence-electron chi connectivity index (χ3n) is 5.40. The van der Waals surface area contributed by atoms with E-state index in [1.54, 1.807) is 6.07 Å². The smallest absolute Gasteiger partial charge is 0.386 e. The summed E-state index contributed by atoms with van der Waals surface area (Å²) in [7, 11) is -4.21. The molecule has 2 rings (SSSR count). The van der Waals surface area contributed by atoms with Crippen molar-refractivity contribution in [2.75, 3.05) is 0 Å². The molecule has 164 valence electrons. The molecule has 0 amide bonds. The summed E-state index contributed by atoms with van der Waals surface area (Å²) >= 11 is 0. The molecule has 0 aliphatic carbocycles. The van der Waals surface area contributed by atoms with E-state index in [1.807, 2.05) is 0 Å². The highest BCUT2D eigenvalue weighted by atomic mass is 32.2. The topological polar surface area (TPSA) is 84.0 Å². The zero-order valence-corrected chi connectivity index (χ0v) is 17.6. The number of alkyl halides is 3. The van der Waals surface area contributed by atoms with E-state index in [2.05, 4.69) is 0 Å². The van der Waals surface area contributed by atoms with Gasteiger partial charge in [0.25, 0.3) is 0 Å². The molecule has 0 aliphatic heterocycles. The van der Waals surface area contributed by atoms with E-state index in [-0.39, 0.29) is 17.5 Å². The average molecular weight is 444 g/mol. The van der Waals surface area contributed by atoms with Crippen LogP contribution in [0.3, 0.4) is 0 Å². The minimum atomic E-state index is -4.58. The van der Waals surface area contributed by atoms with Gasteiger partial charge < -0.3 is 5.73 Å². The van der Waals surface area contributed by atoms with Crippen LogP contribution < -0.4 is 5.73 Å². The van der Waals surface area contributed by atoms with Crippen LogP contribution in [0.1, 0.15) is 43.4 Å². The lowest BCUT2D eigenvalue weighted by Gasteiger charge is -2.33. The third kappa shape index (κ3) is 4.66. The number of halogens is 4. The van der Waals surface area contributed by atoms with E-state index < -0.39 is 49.1 Å². The first-order chi connectivity index (χ1) is 13.7. The first-order valence-electron chi connectivity index (χ1n) is 9.18. The molecular formula is C21H24F4N2O2S. The van der Waals surface area contributed by atoms with E-state index in [1.165, 1.54) is 51.1 Å². The maximum atomic E-state index is 14.4. The zero-order valence-electron chi connectivity index (χ0n) is 16.8. The van der Waals surface area contributed by atoms with Crippen LogP contribution in [0.5, 0.6) is 0 Å². The molecule has 2 aromatic carbocycles. The van der Waals surface area contributed by atoms with Crippen LogP contribution in [0.4, 0.5) is 17.6 Å². The SMILES string of the molecule is C[C@H](c1ccccc1F)[C@@H](Cc1cccc(C(F)(F)F)c1)S(=O)(=O)C(C)(C)C(=N)N. The maximum Gasteiger partial charge on any atom is 0.416 e. The normalized spacial score (nSPS) is 14.9. The van der Waals surface area contributed by atoms with Gasteiger partial charge in [-0.15, -0.1) is 0 Å². The fourth-order valence-electron chi connectivity index (χ4n) is 3.24. The van der Waals surface area contributed by atoms with Crippen LogP contribution in [0, 0.1) is 11.2 Å². The van der Waals surface area contributed by atoms with E-state index >= 15 is 0 Å². The Morgan fingerprint density at radius 2 is 1.70 bits per heavy atom. The maximum absolute atomic E-state index is 14.4. The fraction of sp³-hybridized carbons (Fsp3) is 0.381. The average Bonchev–Trinajstić information content (AvgIpc) is 2.65. The number of rotatable bonds is 7. The second-order valence-corrected chi connectivity index (χ2v) is 10.4. The molecule has 0 aromatic heterocycles. The molecule has 2 atom stereocenters. The molecule has 3 N–H and O–H groups in total. The highest BCUT2D eigenvalue weighted by molar-refractivity contribution is 7.94. The van der Waals surface area contributed by atoms with Crippen molar-refractivity contribution in [3.63, 3.8) is 0 Å². The molecule has 2 aromatic rings. The second-order valence-electron chi connectivity index (χ2n) is 7.72. The van der Waals surface area contributed by atoms with E-state index in [9.17, 15) is 26.0 Å². The van der Waals surface area contributed by atoms with Gasteiger partial charge in [0, 0.05) is 5.92 Å². The Labute approximate surface area is 173 Å². The van der Waals surface area contributed by atoms with Crippen LogP contribution in [0.2, 0.25) is 0 Å². The molecule has 9 heteroatoms. The van der Waals surface area contributed by atoms with E-state index in [0.29, 0.717) is 0 Å². The minimum Gasteiger partial charge on any atom is -0.386 e. The summed E-state index contributed by atoms with van der Waals surface area (Å²) in [4.78, 5) is 0. The Balaban J connectivity index is 2.60. The number of benzene rings is 2. The molecular weight excluding hydrogens is 420 g/mol. The van der Waals surface area contributed by atoms with Crippen LogP contribution in [-0.4, -0.2) is 24.3 Å². The quantitative estimate of drug-likeness (QED) is 0.369. The van der Waals surface area contributed by atoms with Crippen LogP contribution in [0.25, 0.3) is 0 Å². The van der Waals surface area contributed by atoms with Gasteiger partial charge in [-0.3, -0.25) is 5.41 Å². The van der Waals surface area contributed by atoms with Gasteiger partial charge in [0.1, 0.15) is 16.4 Å².